The average Bonchev–Trinajstić information content (AvgIpc) is 3.02. The van der Waals surface area contributed by atoms with E-state index in [9.17, 15) is 34.1 Å². The van der Waals surface area contributed by atoms with Gasteiger partial charge in [-0.2, -0.15) is 0 Å². The van der Waals surface area contributed by atoms with Gasteiger partial charge >= 0.3 is 19.8 Å². The molecule has 1 amide bonds. The molecule has 0 aromatic carbocycles. The molecule has 3 unspecified atom stereocenters. The summed E-state index contributed by atoms with van der Waals surface area (Å²) in [6, 6.07) is -1.54. The van der Waals surface area contributed by atoms with Gasteiger partial charge < -0.3 is 25.2 Å². The van der Waals surface area contributed by atoms with Crippen LogP contribution in [0.25, 0.3) is 0 Å². The van der Waals surface area contributed by atoms with Crippen LogP contribution in [-0.2, 0) is 32.7 Å². The standard InChI is InChI=1S/C34H66NO10P/c1-3-5-7-9-11-13-14-15-16-18-19-21-23-25-32(37)35-31(34(39)40)29-45-46(41,42)44-28-30(36)27-43-33(38)26-24-22-20-17-12-10-8-6-4-2/h30-31,36H,3-29H2,1-2H3,(H,35,37)(H,39,40)(H,41,42). The monoisotopic (exact) mass is 679 g/mol. The summed E-state index contributed by atoms with van der Waals surface area (Å²) in [5, 5.41) is 21.7. The Morgan fingerprint density at radius 3 is 1.43 bits per heavy atom. The number of aliphatic carboxylic acids is 1. The van der Waals surface area contributed by atoms with Crippen LogP contribution in [-0.4, -0.2) is 64.9 Å². The topological polar surface area (TPSA) is 169 Å². The minimum absolute atomic E-state index is 0.152. The first-order valence-corrected chi connectivity index (χ1v) is 19.6. The number of carboxylic acid groups (broad SMARTS) is 1. The van der Waals surface area contributed by atoms with E-state index >= 15 is 0 Å². The first-order chi connectivity index (χ1) is 22.1. The molecule has 0 saturated carbocycles. The van der Waals surface area contributed by atoms with Gasteiger partial charge in [0.2, 0.25) is 5.91 Å². The Kier molecular flexibility index (Phi) is 29.8. The van der Waals surface area contributed by atoms with E-state index in [1.807, 2.05) is 0 Å². The van der Waals surface area contributed by atoms with E-state index in [-0.39, 0.29) is 12.8 Å². The second-order valence-corrected chi connectivity index (χ2v) is 13.9. The second kappa shape index (κ2) is 30.8. The maximum Gasteiger partial charge on any atom is 0.472 e. The number of unbranched alkanes of at least 4 members (excludes halogenated alkanes) is 20. The van der Waals surface area contributed by atoms with Gasteiger partial charge in [0.15, 0.2) is 6.04 Å². The summed E-state index contributed by atoms with van der Waals surface area (Å²) in [5.41, 5.74) is 0. The van der Waals surface area contributed by atoms with Gasteiger partial charge in [-0.25, -0.2) is 9.36 Å². The lowest BCUT2D eigenvalue weighted by atomic mass is 10.0. The zero-order valence-corrected chi connectivity index (χ0v) is 29.8. The number of ether oxygens (including phenoxy) is 1. The Bertz CT molecular complexity index is 813. The van der Waals surface area contributed by atoms with Crippen LogP contribution in [0.5, 0.6) is 0 Å². The number of esters is 1. The Balaban J connectivity index is 3.99. The fourth-order valence-electron chi connectivity index (χ4n) is 5.02. The SMILES string of the molecule is CCCCCCCCCCCCCCCC(=O)NC(COP(=O)(O)OCC(O)COC(=O)CCCCCCCCCCC)C(=O)O. The highest BCUT2D eigenvalue weighted by atomic mass is 31.2. The molecule has 0 aliphatic heterocycles. The highest BCUT2D eigenvalue weighted by Crippen LogP contribution is 2.43. The molecule has 0 aliphatic rings. The molecule has 0 radical (unpaired) electrons. The number of carboxylic acids is 1. The van der Waals surface area contributed by atoms with Crippen molar-refractivity contribution in [1.82, 2.24) is 5.32 Å². The van der Waals surface area contributed by atoms with E-state index in [0.29, 0.717) is 12.8 Å². The first-order valence-electron chi connectivity index (χ1n) is 18.1. The molecule has 4 N–H and O–H groups in total. The second-order valence-electron chi connectivity index (χ2n) is 12.4. The molecule has 11 nitrogen and oxygen atoms in total. The minimum atomic E-state index is -4.73. The van der Waals surface area contributed by atoms with Crippen LogP contribution in [0.4, 0.5) is 0 Å². The molecule has 0 bridgehead atoms. The summed E-state index contributed by atoms with van der Waals surface area (Å²) in [6.07, 6.45) is 24.3. The number of nitrogens with one attached hydrogen (secondary N) is 1. The van der Waals surface area contributed by atoms with E-state index in [1.165, 1.54) is 89.9 Å². The number of aliphatic hydroxyl groups is 1. The van der Waals surface area contributed by atoms with Crippen molar-refractivity contribution in [2.24, 2.45) is 0 Å². The van der Waals surface area contributed by atoms with Crippen molar-refractivity contribution in [3.8, 4) is 0 Å². The van der Waals surface area contributed by atoms with Crippen LogP contribution in [0.15, 0.2) is 0 Å². The Labute approximate surface area is 278 Å². The van der Waals surface area contributed by atoms with Gasteiger partial charge in [0.25, 0.3) is 0 Å². The maximum absolute atomic E-state index is 12.2. The third-order valence-electron chi connectivity index (χ3n) is 7.90. The van der Waals surface area contributed by atoms with E-state index in [0.717, 1.165) is 38.5 Å². The number of phosphoric ester groups is 1. The van der Waals surface area contributed by atoms with Gasteiger partial charge in [-0.1, -0.05) is 142 Å². The van der Waals surface area contributed by atoms with Crippen LogP contribution in [0, 0.1) is 0 Å². The lowest BCUT2D eigenvalue weighted by Gasteiger charge is -2.18. The average molecular weight is 680 g/mol. The maximum atomic E-state index is 12.2. The molecule has 12 heteroatoms. The number of amides is 1. The van der Waals surface area contributed by atoms with Gasteiger partial charge in [0.1, 0.15) is 12.7 Å². The summed E-state index contributed by atoms with van der Waals surface area (Å²) in [4.78, 5) is 45.5. The predicted molar refractivity (Wildman–Crippen MR) is 180 cm³/mol. The van der Waals surface area contributed by atoms with Crippen molar-refractivity contribution in [1.29, 1.82) is 0 Å². The fourth-order valence-corrected chi connectivity index (χ4v) is 5.79. The molecular weight excluding hydrogens is 613 g/mol. The molecule has 0 rings (SSSR count). The molecule has 0 spiro atoms. The van der Waals surface area contributed by atoms with Crippen LogP contribution in [0.3, 0.4) is 0 Å². The van der Waals surface area contributed by atoms with Crippen molar-refractivity contribution in [3.63, 3.8) is 0 Å². The summed E-state index contributed by atoms with van der Waals surface area (Å²) in [6.45, 7) is 2.54. The fraction of sp³-hybridized carbons (Fsp3) is 0.912. The molecule has 0 fully saturated rings. The number of rotatable bonds is 34. The van der Waals surface area contributed by atoms with Gasteiger partial charge in [-0.15, -0.1) is 0 Å². The number of aliphatic hydroxyl groups excluding tert-OH is 1. The van der Waals surface area contributed by atoms with Crippen molar-refractivity contribution in [2.75, 3.05) is 19.8 Å². The lowest BCUT2D eigenvalue weighted by molar-refractivity contribution is -0.147. The van der Waals surface area contributed by atoms with Crippen molar-refractivity contribution >= 4 is 25.7 Å². The molecule has 0 aromatic rings. The molecule has 46 heavy (non-hydrogen) atoms. The summed E-state index contributed by atoms with van der Waals surface area (Å²) in [5.74, 6) is -2.37. The molecule has 0 aromatic heterocycles. The number of phosphoric acid groups is 1. The van der Waals surface area contributed by atoms with Crippen molar-refractivity contribution in [3.05, 3.63) is 0 Å². The van der Waals surface area contributed by atoms with Gasteiger partial charge in [0, 0.05) is 12.8 Å². The van der Waals surface area contributed by atoms with Crippen LogP contribution in [0.2, 0.25) is 0 Å². The molecule has 0 aliphatic carbocycles. The van der Waals surface area contributed by atoms with Crippen LogP contribution in [0.1, 0.15) is 168 Å². The van der Waals surface area contributed by atoms with E-state index in [4.69, 9.17) is 13.8 Å². The van der Waals surface area contributed by atoms with Crippen molar-refractivity contribution in [2.45, 2.75) is 180 Å². The van der Waals surface area contributed by atoms with Crippen molar-refractivity contribution < 1.29 is 47.8 Å². The van der Waals surface area contributed by atoms with E-state index in [2.05, 4.69) is 19.2 Å². The number of hydrogen-bond donors (Lipinski definition) is 4. The largest absolute Gasteiger partial charge is 0.480 e. The third-order valence-corrected chi connectivity index (χ3v) is 8.85. The molecule has 0 saturated heterocycles. The number of carbonyl (C=O) groups is 3. The molecular formula is C34H66NO10P. The smallest absolute Gasteiger partial charge is 0.472 e. The Morgan fingerprint density at radius 1 is 0.609 bits per heavy atom. The summed E-state index contributed by atoms with van der Waals surface area (Å²) in [7, 11) is -4.73. The molecule has 0 heterocycles. The Hall–Kier alpha value is -1.52. The summed E-state index contributed by atoms with van der Waals surface area (Å²) < 4.78 is 26.6. The van der Waals surface area contributed by atoms with Gasteiger partial charge in [-0.05, 0) is 12.8 Å². The lowest BCUT2D eigenvalue weighted by Crippen LogP contribution is -2.43. The summed E-state index contributed by atoms with van der Waals surface area (Å²) >= 11 is 0. The first kappa shape index (κ1) is 44.5. The highest BCUT2D eigenvalue weighted by Gasteiger charge is 2.28. The molecule has 3 atom stereocenters. The predicted octanol–water partition coefficient (Wildman–Crippen LogP) is 8.00. The minimum Gasteiger partial charge on any atom is -0.480 e. The number of carbonyl (C=O) groups excluding carboxylic acids is 2. The van der Waals surface area contributed by atoms with E-state index in [1.54, 1.807) is 0 Å². The Morgan fingerprint density at radius 2 is 1.00 bits per heavy atom. The quantitative estimate of drug-likeness (QED) is 0.0297. The van der Waals surface area contributed by atoms with Gasteiger partial charge in [0.05, 0.1) is 13.2 Å². The molecule has 272 valence electrons. The zero-order chi connectivity index (χ0) is 34.3. The normalized spacial score (nSPS) is 14.0. The number of hydrogen-bond acceptors (Lipinski definition) is 8. The van der Waals surface area contributed by atoms with E-state index < -0.39 is 57.6 Å². The highest BCUT2D eigenvalue weighted by molar-refractivity contribution is 7.47. The zero-order valence-electron chi connectivity index (χ0n) is 28.9. The van der Waals surface area contributed by atoms with Crippen LogP contribution < -0.4 is 5.32 Å². The van der Waals surface area contributed by atoms with Gasteiger partial charge in [-0.3, -0.25) is 18.6 Å². The third kappa shape index (κ3) is 29.9. The van der Waals surface area contributed by atoms with Crippen LogP contribution >= 0.6 is 7.82 Å².